The van der Waals surface area contributed by atoms with Crippen molar-refractivity contribution >= 4 is 27.3 Å². The number of nitrogens with one attached hydrogen (secondary N) is 1. The van der Waals surface area contributed by atoms with Gasteiger partial charge in [-0.15, -0.1) is 0 Å². The molecule has 1 N–H and O–H groups in total. The first kappa shape index (κ1) is 12.6. The number of nitriles is 1. The van der Waals surface area contributed by atoms with E-state index in [-0.39, 0.29) is 0 Å². The molecule has 0 aromatic heterocycles. The summed E-state index contributed by atoms with van der Waals surface area (Å²) in [4.78, 5) is 0. The molecule has 0 atom stereocenters. The molecular formula is C14H10BrFN2. The predicted octanol–water partition coefficient (Wildman–Crippen LogP) is 4.51. The molecule has 0 heterocycles. The van der Waals surface area contributed by atoms with Crippen LogP contribution in [-0.2, 0) is 0 Å². The van der Waals surface area contributed by atoms with Gasteiger partial charge in [0.2, 0.25) is 0 Å². The molecule has 0 fully saturated rings. The summed E-state index contributed by atoms with van der Waals surface area (Å²) < 4.78 is 14.3. The van der Waals surface area contributed by atoms with Crippen molar-refractivity contribution in [2.45, 2.75) is 6.92 Å². The fraction of sp³-hybridized carbons (Fsp3) is 0.0714. The highest BCUT2D eigenvalue weighted by Gasteiger charge is 2.04. The van der Waals surface area contributed by atoms with Gasteiger partial charge < -0.3 is 5.32 Å². The number of rotatable bonds is 2. The maximum atomic E-state index is 13.3. The van der Waals surface area contributed by atoms with Crippen molar-refractivity contribution in [1.29, 1.82) is 5.26 Å². The molecule has 2 rings (SSSR count). The van der Waals surface area contributed by atoms with Crippen molar-refractivity contribution in [3.63, 3.8) is 0 Å². The molecule has 4 heteroatoms. The van der Waals surface area contributed by atoms with E-state index in [1.165, 1.54) is 12.1 Å². The smallest absolute Gasteiger partial charge is 0.126 e. The molecular weight excluding hydrogens is 295 g/mol. The van der Waals surface area contributed by atoms with E-state index in [4.69, 9.17) is 5.26 Å². The van der Waals surface area contributed by atoms with Gasteiger partial charge in [0.1, 0.15) is 5.82 Å². The zero-order chi connectivity index (χ0) is 13.1. The Kier molecular flexibility index (Phi) is 3.63. The first-order valence-corrected chi connectivity index (χ1v) is 6.12. The standard InChI is InChI=1S/C14H10BrFN2/c1-9-13(15)3-2-4-14(9)18-12-6-10(8-17)5-11(16)7-12/h2-7,18H,1H3. The lowest BCUT2D eigenvalue weighted by Crippen LogP contribution is -1.95. The van der Waals surface area contributed by atoms with Crippen LogP contribution in [0.1, 0.15) is 11.1 Å². The molecule has 0 aliphatic carbocycles. The Labute approximate surface area is 113 Å². The highest BCUT2D eigenvalue weighted by atomic mass is 79.9. The van der Waals surface area contributed by atoms with Gasteiger partial charge in [-0.3, -0.25) is 0 Å². The first-order valence-electron chi connectivity index (χ1n) is 5.33. The van der Waals surface area contributed by atoms with E-state index in [9.17, 15) is 4.39 Å². The van der Waals surface area contributed by atoms with E-state index in [2.05, 4.69) is 21.2 Å². The second kappa shape index (κ2) is 5.19. The van der Waals surface area contributed by atoms with Crippen molar-refractivity contribution in [3.05, 3.63) is 57.8 Å². The Morgan fingerprint density at radius 1 is 1.28 bits per heavy atom. The number of benzene rings is 2. The lowest BCUT2D eigenvalue weighted by molar-refractivity contribution is 0.628. The van der Waals surface area contributed by atoms with Gasteiger partial charge in [-0.2, -0.15) is 5.26 Å². The van der Waals surface area contributed by atoms with E-state index >= 15 is 0 Å². The maximum Gasteiger partial charge on any atom is 0.126 e. The molecule has 0 unspecified atom stereocenters. The lowest BCUT2D eigenvalue weighted by Gasteiger charge is -2.11. The largest absolute Gasteiger partial charge is 0.355 e. The Hall–Kier alpha value is -1.86. The van der Waals surface area contributed by atoms with E-state index in [1.807, 2.05) is 31.2 Å². The number of hydrogen-bond donors (Lipinski definition) is 1. The van der Waals surface area contributed by atoms with E-state index in [0.717, 1.165) is 15.7 Å². The number of halogens is 2. The van der Waals surface area contributed by atoms with Crippen LogP contribution < -0.4 is 5.32 Å². The van der Waals surface area contributed by atoms with Crippen LogP contribution in [0.4, 0.5) is 15.8 Å². The highest BCUT2D eigenvalue weighted by Crippen LogP contribution is 2.27. The summed E-state index contributed by atoms with van der Waals surface area (Å²) in [5, 5.41) is 11.9. The molecule has 0 amide bonds. The van der Waals surface area contributed by atoms with Gasteiger partial charge in [0, 0.05) is 15.8 Å². The molecule has 2 nitrogen and oxygen atoms in total. The summed E-state index contributed by atoms with van der Waals surface area (Å²) in [5.74, 6) is -0.427. The quantitative estimate of drug-likeness (QED) is 0.886. The Morgan fingerprint density at radius 3 is 2.78 bits per heavy atom. The maximum absolute atomic E-state index is 13.3. The first-order chi connectivity index (χ1) is 8.60. The van der Waals surface area contributed by atoms with Crippen LogP contribution in [0.2, 0.25) is 0 Å². The second-order valence-corrected chi connectivity index (χ2v) is 4.73. The molecule has 0 saturated carbocycles. The Bertz CT molecular complexity index is 632. The van der Waals surface area contributed by atoms with Gasteiger partial charge in [-0.05, 0) is 42.8 Å². The molecule has 0 saturated heterocycles. The third kappa shape index (κ3) is 2.69. The molecule has 2 aromatic carbocycles. The van der Waals surface area contributed by atoms with Crippen molar-refractivity contribution in [3.8, 4) is 6.07 Å². The van der Waals surface area contributed by atoms with Gasteiger partial charge in [0.15, 0.2) is 0 Å². The molecule has 0 radical (unpaired) electrons. The predicted molar refractivity (Wildman–Crippen MR) is 73.3 cm³/mol. The SMILES string of the molecule is Cc1c(Br)cccc1Nc1cc(F)cc(C#N)c1. The lowest BCUT2D eigenvalue weighted by atomic mass is 10.1. The van der Waals surface area contributed by atoms with E-state index in [1.54, 1.807) is 6.07 Å². The van der Waals surface area contributed by atoms with Crippen LogP contribution >= 0.6 is 15.9 Å². The minimum absolute atomic E-state index is 0.296. The number of hydrogen-bond acceptors (Lipinski definition) is 2. The van der Waals surface area contributed by atoms with Gasteiger partial charge in [0.25, 0.3) is 0 Å². The average molecular weight is 305 g/mol. The number of anilines is 2. The summed E-state index contributed by atoms with van der Waals surface area (Å²) in [5.41, 5.74) is 2.76. The van der Waals surface area contributed by atoms with Crippen molar-refractivity contribution in [1.82, 2.24) is 0 Å². The molecule has 0 spiro atoms. The van der Waals surface area contributed by atoms with Crippen LogP contribution in [0.25, 0.3) is 0 Å². The third-order valence-corrected chi connectivity index (χ3v) is 3.43. The zero-order valence-corrected chi connectivity index (χ0v) is 11.3. The Morgan fingerprint density at radius 2 is 2.06 bits per heavy atom. The summed E-state index contributed by atoms with van der Waals surface area (Å²) in [6, 6.07) is 11.8. The van der Waals surface area contributed by atoms with Gasteiger partial charge in [-0.1, -0.05) is 22.0 Å². The van der Waals surface area contributed by atoms with E-state index in [0.29, 0.717) is 11.3 Å². The molecule has 2 aromatic rings. The summed E-state index contributed by atoms with van der Waals surface area (Å²) in [7, 11) is 0. The normalized spacial score (nSPS) is 9.89. The van der Waals surface area contributed by atoms with Crippen LogP contribution in [0, 0.1) is 24.1 Å². The second-order valence-electron chi connectivity index (χ2n) is 3.88. The minimum atomic E-state index is -0.427. The van der Waals surface area contributed by atoms with Gasteiger partial charge in [0.05, 0.1) is 11.6 Å². The van der Waals surface area contributed by atoms with Crippen LogP contribution in [0.3, 0.4) is 0 Å². The van der Waals surface area contributed by atoms with Crippen molar-refractivity contribution in [2.24, 2.45) is 0 Å². The summed E-state index contributed by atoms with van der Waals surface area (Å²) in [6.45, 7) is 1.96. The van der Waals surface area contributed by atoms with E-state index < -0.39 is 5.82 Å². The van der Waals surface area contributed by atoms with Gasteiger partial charge >= 0.3 is 0 Å². The third-order valence-electron chi connectivity index (χ3n) is 2.57. The Balaban J connectivity index is 2.37. The molecule has 90 valence electrons. The van der Waals surface area contributed by atoms with Crippen molar-refractivity contribution < 1.29 is 4.39 Å². The van der Waals surface area contributed by atoms with Crippen LogP contribution in [0.15, 0.2) is 40.9 Å². The fourth-order valence-electron chi connectivity index (χ4n) is 1.62. The summed E-state index contributed by atoms with van der Waals surface area (Å²) >= 11 is 3.44. The fourth-order valence-corrected chi connectivity index (χ4v) is 1.99. The van der Waals surface area contributed by atoms with Crippen molar-refractivity contribution in [2.75, 3.05) is 5.32 Å². The monoisotopic (exact) mass is 304 g/mol. The molecule has 18 heavy (non-hydrogen) atoms. The minimum Gasteiger partial charge on any atom is -0.355 e. The van der Waals surface area contributed by atoms with Crippen LogP contribution in [0.5, 0.6) is 0 Å². The topological polar surface area (TPSA) is 35.8 Å². The average Bonchev–Trinajstić information content (AvgIpc) is 2.34. The molecule has 0 aliphatic heterocycles. The summed E-state index contributed by atoms with van der Waals surface area (Å²) in [6.07, 6.45) is 0. The molecule has 0 aliphatic rings. The molecule has 0 bridgehead atoms. The van der Waals surface area contributed by atoms with Crippen LogP contribution in [-0.4, -0.2) is 0 Å². The van der Waals surface area contributed by atoms with Gasteiger partial charge in [-0.25, -0.2) is 4.39 Å². The zero-order valence-electron chi connectivity index (χ0n) is 9.67. The number of nitrogens with zero attached hydrogens (tertiary/aromatic N) is 1. The highest BCUT2D eigenvalue weighted by molar-refractivity contribution is 9.10.